The van der Waals surface area contributed by atoms with E-state index in [0.717, 1.165) is 12.1 Å². The standard InChI is InChI=1S/C15H7F9O9S3/c16-13(17,18)34(25,26)31-10-3-1-2-8(4-10)9-5-11(32-35(27,28)14(19,20)21)7-12(6-9)33-36(29,30)15(22,23)24/h1-7H. The maximum Gasteiger partial charge on any atom is 0.534 e. The first kappa shape index (κ1) is 29.3. The topological polar surface area (TPSA) is 130 Å². The molecule has 0 saturated heterocycles. The molecular formula is C15H7F9O9S3. The van der Waals surface area contributed by atoms with Crippen LogP contribution in [0, 0.1) is 0 Å². The van der Waals surface area contributed by atoms with Gasteiger partial charge in [0.25, 0.3) is 0 Å². The Morgan fingerprint density at radius 3 is 1.17 bits per heavy atom. The van der Waals surface area contributed by atoms with Crippen LogP contribution in [-0.2, 0) is 30.4 Å². The quantitative estimate of drug-likeness (QED) is 0.263. The minimum Gasteiger partial charge on any atom is -0.376 e. The molecule has 0 N–H and O–H groups in total. The lowest BCUT2D eigenvalue weighted by molar-refractivity contribution is -0.0505. The van der Waals surface area contributed by atoms with Gasteiger partial charge in [0.2, 0.25) is 0 Å². The fraction of sp³-hybridized carbons (Fsp3) is 0.200. The summed E-state index contributed by atoms with van der Waals surface area (Å²) in [5.74, 6) is -3.93. The molecule has 0 amide bonds. The number of benzene rings is 2. The van der Waals surface area contributed by atoms with Crippen molar-refractivity contribution in [3.05, 3.63) is 42.5 Å². The molecule has 0 fully saturated rings. The second-order valence-electron chi connectivity index (χ2n) is 6.17. The third kappa shape index (κ3) is 6.63. The summed E-state index contributed by atoms with van der Waals surface area (Å²) >= 11 is 0. The van der Waals surface area contributed by atoms with Gasteiger partial charge in [-0.05, 0) is 35.4 Å². The molecule has 21 heteroatoms. The van der Waals surface area contributed by atoms with E-state index in [1.807, 2.05) is 0 Å². The molecule has 0 aromatic heterocycles. The van der Waals surface area contributed by atoms with Crippen LogP contribution < -0.4 is 12.5 Å². The molecule has 0 heterocycles. The number of rotatable bonds is 7. The molecule has 36 heavy (non-hydrogen) atoms. The van der Waals surface area contributed by atoms with Crippen molar-refractivity contribution in [1.82, 2.24) is 0 Å². The van der Waals surface area contributed by atoms with E-state index in [0.29, 0.717) is 24.3 Å². The van der Waals surface area contributed by atoms with Crippen LogP contribution in [0.25, 0.3) is 11.1 Å². The average Bonchev–Trinajstić information content (AvgIpc) is 2.64. The van der Waals surface area contributed by atoms with E-state index >= 15 is 0 Å². The van der Waals surface area contributed by atoms with Crippen molar-refractivity contribution in [2.24, 2.45) is 0 Å². The Labute approximate surface area is 195 Å². The summed E-state index contributed by atoms with van der Waals surface area (Å²) in [7, 11) is -19.1. The summed E-state index contributed by atoms with van der Waals surface area (Å²) in [5.41, 5.74) is -19.2. The van der Waals surface area contributed by atoms with Crippen LogP contribution in [0.2, 0.25) is 0 Å². The lowest BCUT2D eigenvalue weighted by atomic mass is 10.0. The van der Waals surface area contributed by atoms with Crippen LogP contribution in [0.3, 0.4) is 0 Å². The highest BCUT2D eigenvalue weighted by Crippen LogP contribution is 2.37. The molecule has 2 aromatic rings. The number of halogens is 9. The van der Waals surface area contributed by atoms with Crippen LogP contribution in [0.1, 0.15) is 0 Å². The van der Waals surface area contributed by atoms with Crippen molar-refractivity contribution in [2.45, 2.75) is 16.5 Å². The van der Waals surface area contributed by atoms with E-state index in [1.165, 1.54) is 0 Å². The fourth-order valence-corrected chi connectivity index (χ4v) is 3.42. The Morgan fingerprint density at radius 2 is 0.806 bits per heavy atom. The number of alkyl halides is 9. The van der Waals surface area contributed by atoms with Crippen molar-refractivity contribution in [2.75, 3.05) is 0 Å². The predicted molar refractivity (Wildman–Crippen MR) is 98.7 cm³/mol. The Balaban J connectivity index is 2.65. The Bertz CT molecular complexity index is 1390. The van der Waals surface area contributed by atoms with Crippen molar-refractivity contribution in [3.63, 3.8) is 0 Å². The highest BCUT2D eigenvalue weighted by atomic mass is 32.2. The van der Waals surface area contributed by atoms with Crippen LogP contribution in [-0.4, -0.2) is 41.8 Å². The second-order valence-corrected chi connectivity index (χ2v) is 10.8. The summed E-state index contributed by atoms with van der Waals surface area (Å²) in [6.45, 7) is 0. The van der Waals surface area contributed by atoms with E-state index in [1.54, 1.807) is 0 Å². The molecule has 202 valence electrons. The largest absolute Gasteiger partial charge is 0.534 e. The van der Waals surface area contributed by atoms with E-state index in [4.69, 9.17) is 0 Å². The summed E-state index contributed by atoms with van der Waals surface area (Å²) in [6.07, 6.45) is 0. The second kappa shape index (κ2) is 9.18. The van der Waals surface area contributed by atoms with Crippen molar-refractivity contribution < 1.29 is 77.3 Å². The van der Waals surface area contributed by atoms with Gasteiger partial charge >= 0.3 is 46.9 Å². The van der Waals surface area contributed by atoms with E-state index in [9.17, 15) is 64.8 Å². The highest BCUT2D eigenvalue weighted by Gasteiger charge is 2.50. The minimum absolute atomic E-state index is 0.0184. The van der Waals surface area contributed by atoms with Gasteiger partial charge in [0.1, 0.15) is 17.2 Å². The fourth-order valence-electron chi connectivity index (χ4n) is 2.08. The Morgan fingerprint density at radius 1 is 0.472 bits per heavy atom. The molecule has 0 aliphatic heterocycles. The van der Waals surface area contributed by atoms with Gasteiger partial charge in [-0.3, -0.25) is 0 Å². The number of hydrogen-bond acceptors (Lipinski definition) is 9. The van der Waals surface area contributed by atoms with Gasteiger partial charge in [-0.15, -0.1) is 0 Å². The molecule has 0 aliphatic rings. The molecule has 0 atom stereocenters. The maximum atomic E-state index is 12.6. The van der Waals surface area contributed by atoms with Gasteiger partial charge in [-0.1, -0.05) is 12.1 Å². The van der Waals surface area contributed by atoms with E-state index in [2.05, 4.69) is 12.5 Å². The lowest BCUT2D eigenvalue weighted by Crippen LogP contribution is -2.29. The Hall–Kier alpha value is -2.94. The van der Waals surface area contributed by atoms with Crippen molar-refractivity contribution >= 4 is 30.4 Å². The molecule has 2 rings (SSSR count). The molecule has 0 radical (unpaired) electrons. The van der Waals surface area contributed by atoms with Crippen molar-refractivity contribution in [1.29, 1.82) is 0 Å². The first-order valence-electron chi connectivity index (χ1n) is 8.23. The van der Waals surface area contributed by atoms with Gasteiger partial charge in [-0.25, -0.2) is 0 Å². The minimum atomic E-state index is -6.44. The van der Waals surface area contributed by atoms with E-state index in [-0.39, 0.29) is 6.07 Å². The molecule has 9 nitrogen and oxygen atoms in total. The zero-order chi connectivity index (χ0) is 28.0. The van der Waals surface area contributed by atoms with E-state index < -0.39 is 75.3 Å². The third-order valence-electron chi connectivity index (χ3n) is 3.52. The predicted octanol–water partition coefficient (Wildman–Crippen LogP) is 4.04. The van der Waals surface area contributed by atoms with Gasteiger partial charge < -0.3 is 12.5 Å². The molecule has 2 aromatic carbocycles. The van der Waals surface area contributed by atoms with Crippen LogP contribution >= 0.6 is 0 Å². The zero-order valence-corrected chi connectivity index (χ0v) is 18.8. The van der Waals surface area contributed by atoms with Gasteiger partial charge in [0.05, 0.1) is 0 Å². The molecule has 0 saturated carbocycles. The first-order valence-corrected chi connectivity index (χ1v) is 12.5. The number of hydrogen-bond donors (Lipinski definition) is 0. The Kier molecular flexibility index (Phi) is 7.47. The van der Waals surface area contributed by atoms with Crippen LogP contribution in [0.15, 0.2) is 42.5 Å². The maximum absolute atomic E-state index is 12.6. The lowest BCUT2D eigenvalue weighted by Gasteiger charge is -2.15. The van der Waals surface area contributed by atoms with Crippen molar-refractivity contribution in [3.8, 4) is 28.4 Å². The zero-order valence-electron chi connectivity index (χ0n) is 16.3. The van der Waals surface area contributed by atoms with Crippen LogP contribution in [0.5, 0.6) is 17.2 Å². The smallest absolute Gasteiger partial charge is 0.376 e. The van der Waals surface area contributed by atoms with Gasteiger partial charge in [0, 0.05) is 6.07 Å². The third-order valence-corrected chi connectivity index (χ3v) is 6.45. The summed E-state index contributed by atoms with van der Waals surface area (Å²) in [6, 6.07) is 3.65. The van der Waals surface area contributed by atoms with Gasteiger partial charge in [-0.2, -0.15) is 64.8 Å². The molecular weight excluding hydrogens is 591 g/mol. The SMILES string of the molecule is O=S(=O)(Oc1cccc(-c2cc(OS(=O)(=O)C(F)(F)F)cc(OS(=O)(=O)C(F)(F)F)c2)c1)C(F)(F)F. The monoisotopic (exact) mass is 598 g/mol. The molecule has 0 bridgehead atoms. The molecule has 0 unspecified atom stereocenters. The first-order chi connectivity index (χ1) is 16.0. The van der Waals surface area contributed by atoms with Crippen LogP contribution in [0.4, 0.5) is 39.5 Å². The van der Waals surface area contributed by atoms with Gasteiger partial charge in [0.15, 0.2) is 0 Å². The average molecular weight is 598 g/mol. The molecule has 0 spiro atoms. The highest BCUT2D eigenvalue weighted by molar-refractivity contribution is 7.88. The normalized spacial score (nSPS) is 13.8. The summed E-state index contributed by atoms with van der Waals surface area (Å²) < 4.78 is 192. The molecule has 0 aliphatic carbocycles. The summed E-state index contributed by atoms with van der Waals surface area (Å²) in [5, 5.41) is 0. The summed E-state index contributed by atoms with van der Waals surface area (Å²) in [4.78, 5) is 0.